The largest absolute Gasteiger partial charge is 0.493 e. The topological polar surface area (TPSA) is 94.2 Å². The van der Waals surface area contributed by atoms with Crippen LogP contribution in [0.15, 0.2) is 42.5 Å². The van der Waals surface area contributed by atoms with Crippen LogP contribution in [0, 0.1) is 0 Å². The van der Waals surface area contributed by atoms with Gasteiger partial charge in [0.25, 0.3) is 0 Å². The number of sulfonamides is 1. The summed E-state index contributed by atoms with van der Waals surface area (Å²) in [5, 5.41) is 2.74. The van der Waals surface area contributed by atoms with Crippen molar-refractivity contribution < 1.29 is 27.4 Å². The molecule has 0 aliphatic heterocycles. The zero-order valence-corrected chi connectivity index (χ0v) is 21.2. The van der Waals surface area contributed by atoms with Crippen molar-refractivity contribution in [1.29, 1.82) is 0 Å². The van der Waals surface area contributed by atoms with E-state index in [9.17, 15) is 13.2 Å². The lowest BCUT2D eigenvalue weighted by Crippen LogP contribution is -2.48. The summed E-state index contributed by atoms with van der Waals surface area (Å²) < 4.78 is 42.2. The van der Waals surface area contributed by atoms with Gasteiger partial charge in [-0.3, -0.25) is 9.10 Å². The van der Waals surface area contributed by atoms with Crippen molar-refractivity contribution in [2.75, 3.05) is 37.9 Å². The zero-order chi connectivity index (χ0) is 24.8. The molecule has 0 radical (unpaired) electrons. The maximum atomic E-state index is 12.7. The molecule has 1 N–H and O–H groups in total. The third kappa shape index (κ3) is 7.02. The SMILES string of the molecule is COc1ccc(N([C@@H](C)C(=O)NCCOc2ccc(C(C)(C)C)cc2)S(C)(=O)=O)cc1OC. The van der Waals surface area contributed by atoms with Crippen molar-refractivity contribution in [3.8, 4) is 17.2 Å². The quantitative estimate of drug-likeness (QED) is 0.527. The van der Waals surface area contributed by atoms with E-state index in [-0.39, 0.29) is 18.6 Å². The van der Waals surface area contributed by atoms with Crippen LogP contribution in [0.1, 0.15) is 33.3 Å². The Bertz CT molecular complexity index is 1050. The van der Waals surface area contributed by atoms with Crippen molar-refractivity contribution in [1.82, 2.24) is 5.32 Å². The molecule has 0 aliphatic rings. The lowest BCUT2D eigenvalue weighted by Gasteiger charge is -2.28. The molecule has 1 atom stereocenters. The van der Waals surface area contributed by atoms with Crippen molar-refractivity contribution in [2.45, 2.75) is 39.2 Å². The molecule has 1 amide bonds. The Balaban J connectivity index is 2.02. The molecule has 0 aliphatic carbocycles. The smallest absolute Gasteiger partial charge is 0.243 e. The van der Waals surface area contributed by atoms with Crippen LogP contribution < -0.4 is 23.8 Å². The highest BCUT2D eigenvalue weighted by atomic mass is 32.2. The molecule has 0 fully saturated rings. The van der Waals surface area contributed by atoms with Crippen molar-refractivity contribution in [3.63, 3.8) is 0 Å². The summed E-state index contributed by atoms with van der Waals surface area (Å²) >= 11 is 0. The summed E-state index contributed by atoms with van der Waals surface area (Å²) in [6, 6.07) is 11.5. The van der Waals surface area contributed by atoms with E-state index in [0.717, 1.165) is 10.6 Å². The fraction of sp³-hybridized carbons (Fsp3) is 0.458. The van der Waals surface area contributed by atoms with Gasteiger partial charge in [0.1, 0.15) is 18.4 Å². The van der Waals surface area contributed by atoms with Gasteiger partial charge in [-0.05, 0) is 42.2 Å². The monoisotopic (exact) mass is 478 g/mol. The molecule has 0 spiro atoms. The van der Waals surface area contributed by atoms with E-state index < -0.39 is 22.0 Å². The summed E-state index contributed by atoms with van der Waals surface area (Å²) in [6.45, 7) is 8.43. The van der Waals surface area contributed by atoms with Gasteiger partial charge >= 0.3 is 0 Å². The molecular formula is C24H34N2O6S. The van der Waals surface area contributed by atoms with Gasteiger partial charge in [0.2, 0.25) is 15.9 Å². The van der Waals surface area contributed by atoms with Crippen LogP contribution in [0.4, 0.5) is 5.69 Å². The summed E-state index contributed by atoms with van der Waals surface area (Å²) in [6.07, 6.45) is 1.05. The third-order valence-electron chi connectivity index (χ3n) is 5.10. The number of nitrogens with zero attached hydrogens (tertiary/aromatic N) is 1. The van der Waals surface area contributed by atoms with Gasteiger partial charge in [-0.2, -0.15) is 0 Å². The summed E-state index contributed by atoms with van der Waals surface area (Å²) in [5.41, 5.74) is 1.56. The molecule has 2 rings (SSSR count). The van der Waals surface area contributed by atoms with Crippen molar-refractivity contribution in [2.24, 2.45) is 0 Å². The minimum absolute atomic E-state index is 0.0576. The van der Waals surface area contributed by atoms with Crippen molar-refractivity contribution >= 4 is 21.6 Å². The highest BCUT2D eigenvalue weighted by molar-refractivity contribution is 7.92. The molecule has 0 heterocycles. The molecule has 0 bridgehead atoms. The molecule has 9 heteroatoms. The van der Waals surface area contributed by atoms with E-state index in [1.165, 1.54) is 32.8 Å². The minimum Gasteiger partial charge on any atom is -0.493 e. The average Bonchev–Trinajstić information content (AvgIpc) is 2.75. The Morgan fingerprint density at radius 3 is 2.15 bits per heavy atom. The maximum Gasteiger partial charge on any atom is 0.243 e. The van der Waals surface area contributed by atoms with Crippen molar-refractivity contribution in [3.05, 3.63) is 48.0 Å². The Morgan fingerprint density at radius 1 is 1.03 bits per heavy atom. The van der Waals surface area contributed by atoms with Crippen LogP contribution in [0.2, 0.25) is 0 Å². The Kier molecular flexibility index (Phi) is 8.60. The first kappa shape index (κ1) is 26.3. The van der Waals surface area contributed by atoms with Gasteiger partial charge in [-0.1, -0.05) is 32.9 Å². The summed E-state index contributed by atoms with van der Waals surface area (Å²) in [5.74, 6) is 1.08. The van der Waals surface area contributed by atoms with E-state index in [1.807, 2.05) is 24.3 Å². The Hall–Kier alpha value is -2.94. The molecule has 0 aromatic heterocycles. The van der Waals surface area contributed by atoms with Crippen LogP contribution in [0.3, 0.4) is 0 Å². The van der Waals surface area contributed by atoms with Crippen LogP contribution in [-0.4, -0.2) is 54.0 Å². The van der Waals surface area contributed by atoms with Gasteiger partial charge in [0, 0.05) is 6.07 Å². The number of anilines is 1. The highest BCUT2D eigenvalue weighted by Gasteiger charge is 2.29. The normalized spacial score (nSPS) is 12.6. The maximum absolute atomic E-state index is 12.7. The number of hydrogen-bond donors (Lipinski definition) is 1. The molecule has 8 nitrogen and oxygen atoms in total. The molecule has 2 aromatic rings. The first-order valence-corrected chi connectivity index (χ1v) is 12.5. The predicted octanol–water partition coefficient (Wildman–Crippen LogP) is 3.35. The van der Waals surface area contributed by atoms with E-state index in [1.54, 1.807) is 12.1 Å². The minimum atomic E-state index is -3.75. The Labute approximate surface area is 196 Å². The first-order valence-electron chi connectivity index (χ1n) is 10.6. The standard InChI is InChI=1S/C24H34N2O6S/c1-17(26(33(7,28)29)19-10-13-21(30-5)22(16-19)31-6)23(27)25-14-15-32-20-11-8-18(9-12-20)24(2,3)4/h8-13,16-17H,14-15H2,1-7H3,(H,25,27)/t17-/m0/s1. The fourth-order valence-electron chi connectivity index (χ4n) is 3.31. The number of carbonyl (C=O) groups is 1. The van der Waals surface area contributed by atoms with E-state index in [2.05, 4.69) is 26.1 Å². The predicted molar refractivity (Wildman–Crippen MR) is 130 cm³/mol. The van der Waals surface area contributed by atoms with Gasteiger partial charge in [-0.25, -0.2) is 8.42 Å². The second kappa shape index (κ2) is 10.8. The molecule has 0 saturated carbocycles. The van der Waals surface area contributed by atoms with Gasteiger partial charge < -0.3 is 19.5 Å². The number of ether oxygens (including phenoxy) is 3. The number of hydrogen-bond acceptors (Lipinski definition) is 6. The molecule has 2 aromatic carbocycles. The molecule has 0 saturated heterocycles. The second-order valence-corrected chi connectivity index (χ2v) is 10.5. The molecular weight excluding hydrogens is 444 g/mol. The number of nitrogens with one attached hydrogen (secondary N) is 1. The number of benzene rings is 2. The molecule has 182 valence electrons. The van der Waals surface area contributed by atoms with Crippen LogP contribution in [0.25, 0.3) is 0 Å². The van der Waals surface area contributed by atoms with E-state index >= 15 is 0 Å². The van der Waals surface area contributed by atoms with E-state index in [4.69, 9.17) is 14.2 Å². The van der Waals surface area contributed by atoms with Gasteiger partial charge in [0.15, 0.2) is 11.5 Å². The number of carbonyl (C=O) groups excluding carboxylic acids is 1. The van der Waals surface area contributed by atoms with Crippen LogP contribution in [0.5, 0.6) is 17.2 Å². The zero-order valence-electron chi connectivity index (χ0n) is 20.3. The van der Waals surface area contributed by atoms with Crippen LogP contribution >= 0.6 is 0 Å². The summed E-state index contributed by atoms with van der Waals surface area (Å²) in [7, 11) is -0.805. The van der Waals surface area contributed by atoms with E-state index in [0.29, 0.717) is 22.9 Å². The first-order chi connectivity index (χ1) is 15.4. The van der Waals surface area contributed by atoms with Gasteiger partial charge in [-0.15, -0.1) is 0 Å². The Morgan fingerprint density at radius 2 is 1.64 bits per heavy atom. The van der Waals surface area contributed by atoms with Crippen LogP contribution in [-0.2, 0) is 20.2 Å². The fourth-order valence-corrected chi connectivity index (χ4v) is 4.48. The molecule has 33 heavy (non-hydrogen) atoms. The molecule has 0 unspecified atom stereocenters. The lowest BCUT2D eigenvalue weighted by molar-refractivity contribution is -0.121. The second-order valence-electron chi connectivity index (χ2n) is 8.69. The number of amides is 1. The number of methoxy groups -OCH3 is 2. The summed E-state index contributed by atoms with van der Waals surface area (Å²) in [4.78, 5) is 12.7. The van der Waals surface area contributed by atoms with Gasteiger partial charge in [0.05, 0.1) is 32.7 Å². The highest BCUT2D eigenvalue weighted by Crippen LogP contribution is 2.33. The lowest BCUT2D eigenvalue weighted by atomic mass is 9.87. The average molecular weight is 479 g/mol. The number of rotatable bonds is 10. The third-order valence-corrected chi connectivity index (χ3v) is 6.34.